The predicted octanol–water partition coefficient (Wildman–Crippen LogP) is 8.15. The maximum absolute atomic E-state index is 12.1. The van der Waals surface area contributed by atoms with Gasteiger partial charge in [0.1, 0.15) is 31.5 Å². The van der Waals surface area contributed by atoms with Crippen molar-refractivity contribution >= 4 is 27.6 Å². The minimum Gasteiger partial charge on any atom is -0.463 e. The normalized spacial score (nSPS) is 16.4. The van der Waals surface area contributed by atoms with E-state index in [0.29, 0.717) is 19.3 Å². The van der Waals surface area contributed by atoms with Crippen molar-refractivity contribution in [2.45, 2.75) is 109 Å². The summed E-state index contributed by atoms with van der Waals surface area (Å²) in [5.74, 6) is -1.10. The molecule has 17 heteroatoms. The lowest BCUT2D eigenvalue weighted by molar-refractivity contribution is -0.148. The summed E-state index contributed by atoms with van der Waals surface area (Å²) in [7, 11) is -9.60. The number of rotatable bonds is 37. The first-order chi connectivity index (χ1) is 28.8. The zero-order valence-corrected chi connectivity index (χ0v) is 36.9. The predicted molar refractivity (Wildman–Crippen MR) is 232 cm³/mol. The standard InChI is InChI=1S/C43H68O15P2/c1-3-5-7-9-11-13-15-17-18-20-22-24-26-28-30-32-43(48)54-34-40(45)36-56-60(51,52)58-38-41(46)37-57-59(49,50)55-35-39(44)33-53-42(47)31-29-27-25-23-21-19-16-14-12-10-8-6-4-2/h5-19,21,23,25,39-41,44-46H,3-4,20,22,24,26-38H2,1-2H3,(H,49,50)(H,51,52)/b7-5+,8-6+,11-9+,12-10+,15-13+,16-14-,18-17-,21-19-,25-23+. The fraction of sp³-hybridized carbons (Fsp3) is 0.535. The van der Waals surface area contributed by atoms with Crippen molar-refractivity contribution in [1.29, 1.82) is 0 Å². The minimum absolute atomic E-state index is 0.0937. The SMILES string of the molecule is CC/C=C/C=C/C=C\C=C/C=C/CCCC(=O)OCC(O)COP(=O)(O)OCC(O)COP(=O)(O)OCC(O)COC(=O)CCCCCCC\C=C/C=C/C=C/C=C/CC. The Morgan fingerprint density at radius 1 is 0.433 bits per heavy atom. The number of phosphoric acid groups is 2. The van der Waals surface area contributed by atoms with Gasteiger partial charge in [-0.2, -0.15) is 0 Å². The monoisotopic (exact) mass is 886 g/mol. The van der Waals surface area contributed by atoms with E-state index in [2.05, 4.69) is 50.2 Å². The fourth-order valence-corrected chi connectivity index (χ4v) is 5.90. The van der Waals surface area contributed by atoms with E-state index in [9.17, 15) is 43.8 Å². The van der Waals surface area contributed by atoms with Gasteiger partial charge in [-0.1, -0.05) is 142 Å². The average molecular weight is 887 g/mol. The summed E-state index contributed by atoms with van der Waals surface area (Å²) >= 11 is 0. The topological polar surface area (TPSA) is 225 Å². The van der Waals surface area contributed by atoms with Gasteiger partial charge in [0.25, 0.3) is 0 Å². The first kappa shape index (κ1) is 56.7. The summed E-state index contributed by atoms with van der Waals surface area (Å²) in [5.41, 5.74) is 0. The van der Waals surface area contributed by atoms with Crippen LogP contribution in [0.2, 0.25) is 0 Å². The van der Waals surface area contributed by atoms with Crippen LogP contribution in [-0.4, -0.2) is 95.0 Å². The van der Waals surface area contributed by atoms with Crippen LogP contribution in [0.4, 0.5) is 0 Å². The van der Waals surface area contributed by atoms with Gasteiger partial charge in [0, 0.05) is 12.8 Å². The average Bonchev–Trinajstić information content (AvgIpc) is 3.22. The van der Waals surface area contributed by atoms with Crippen molar-refractivity contribution in [3.63, 3.8) is 0 Å². The van der Waals surface area contributed by atoms with E-state index in [0.717, 1.165) is 44.9 Å². The van der Waals surface area contributed by atoms with Gasteiger partial charge >= 0.3 is 27.6 Å². The number of esters is 2. The molecule has 0 fully saturated rings. The smallest absolute Gasteiger partial charge is 0.463 e. The van der Waals surface area contributed by atoms with Gasteiger partial charge in [0.15, 0.2) is 0 Å². The number of ether oxygens (including phenoxy) is 2. The molecule has 0 amide bonds. The largest absolute Gasteiger partial charge is 0.472 e. The van der Waals surface area contributed by atoms with Crippen LogP contribution >= 0.6 is 15.6 Å². The second-order valence-corrected chi connectivity index (χ2v) is 16.0. The van der Waals surface area contributed by atoms with Gasteiger partial charge in [0.05, 0.1) is 26.4 Å². The van der Waals surface area contributed by atoms with Gasteiger partial charge in [-0.25, -0.2) is 9.13 Å². The Labute approximate surface area is 356 Å². The summed E-state index contributed by atoms with van der Waals surface area (Å²) < 4.78 is 52.7. The van der Waals surface area contributed by atoms with Crippen LogP contribution in [0.3, 0.4) is 0 Å². The van der Waals surface area contributed by atoms with Crippen LogP contribution < -0.4 is 0 Å². The number of hydrogen-bond donors (Lipinski definition) is 5. The molecule has 0 aliphatic rings. The Morgan fingerprint density at radius 3 is 1.13 bits per heavy atom. The molecule has 60 heavy (non-hydrogen) atoms. The lowest BCUT2D eigenvalue weighted by Gasteiger charge is -2.19. The number of allylic oxidation sites excluding steroid dienone is 18. The zero-order valence-electron chi connectivity index (χ0n) is 35.1. The fourth-order valence-electron chi connectivity index (χ4n) is 4.31. The maximum Gasteiger partial charge on any atom is 0.472 e. The van der Waals surface area contributed by atoms with Crippen LogP contribution in [0, 0.1) is 0 Å². The van der Waals surface area contributed by atoms with Gasteiger partial charge in [-0.3, -0.25) is 27.7 Å². The van der Waals surface area contributed by atoms with Crippen molar-refractivity contribution in [3.8, 4) is 0 Å². The molecule has 0 aromatic rings. The third kappa shape index (κ3) is 40.1. The molecule has 0 aromatic carbocycles. The number of carbonyl (C=O) groups excluding carboxylic acids is 2. The molecule has 0 bridgehead atoms. The van der Waals surface area contributed by atoms with Crippen molar-refractivity contribution in [3.05, 3.63) is 109 Å². The van der Waals surface area contributed by atoms with Crippen molar-refractivity contribution < 1.29 is 71.4 Å². The molecule has 0 saturated carbocycles. The van der Waals surface area contributed by atoms with Crippen LogP contribution in [0.25, 0.3) is 0 Å². The molecule has 5 atom stereocenters. The molecule has 0 spiro atoms. The molecule has 0 aliphatic heterocycles. The summed E-state index contributed by atoms with van der Waals surface area (Å²) in [6.07, 6.45) is 39.6. The molecule has 0 aromatic heterocycles. The van der Waals surface area contributed by atoms with Crippen LogP contribution in [-0.2, 0) is 46.3 Å². The molecular weight excluding hydrogens is 818 g/mol. The van der Waals surface area contributed by atoms with E-state index in [1.807, 2.05) is 91.1 Å². The summed E-state index contributed by atoms with van der Waals surface area (Å²) in [5, 5.41) is 29.9. The highest BCUT2D eigenvalue weighted by Crippen LogP contribution is 2.45. The number of aliphatic hydroxyl groups is 3. The molecule has 0 rings (SSSR count). The summed E-state index contributed by atoms with van der Waals surface area (Å²) in [6, 6.07) is 0. The molecule has 340 valence electrons. The Kier molecular flexibility index (Phi) is 36.5. The number of carbonyl (C=O) groups is 2. The highest BCUT2D eigenvalue weighted by molar-refractivity contribution is 7.47. The van der Waals surface area contributed by atoms with Gasteiger partial charge in [-0.05, 0) is 44.9 Å². The molecule has 5 unspecified atom stereocenters. The zero-order chi connectivity index (χ0) is 44.6. The molecular formula is C43H68O15P2. The molecule has 0 radical (unpaired) electrons. The van der Waals surface area contributed by atoms with Crippen LogP contribution in [0.1, 0.15) is 90.9 Å². The lowest BCUT2D eigenvalue weighted by Crippen LogP contribution is -2.25. The second kappa shape index (κ2) is 38.6. The van der Waals surface area contributed by atoms with Gasteiger partial charge in [-0.15, -0.1) is 0 Å². The molecule has 5 N–H and O–H groups in total. The van der Waals surface area contributed by atoms with E-state index in [-0.39, 0.29) is 12.8 Å². The lowest BCUT2D eigenvalue weighted by atomic mass is 10.1. The van der Waals surface area contributed by atoms with E-state index >= 15 is 0 Å². The number of aliphatic hydroxyl groups excluding tert-OH is 3. The Balaban J connectivity index is 4.06. The van der Waals surface area contributed by atoms with E-state index < -0.39 is 85.5 Å². The van der Waals surface area contributed by atoms with E-state index in [1.165, 1.54) is 0 Å². The highest BCUT2D eigenvalue weighted by Gasteiger charge is 2.28. The van der Waals surface area contributed by atoms with Crippen molar-refractivity contribution in [2.24, 2.45) is 0 Å². The van der Waals surface area contributed by atoms with Gasteiger partial charge in [0.2, 0.25) is 0 Å². The first-order valence-corrected chi connectivity index (χ1v) is 23.3. The highest BCUT2D eigenvalue weighted by atomic mass is 31.2. The van der Waals surface area contributed by atoms with Crippen LogP contribution in [0.5, 0.6) is 0 Å². The maximum atomic E-state index is 12.1. The van der Waals surface area contributed by atoms with Crippen molar-refractivity contribution in [2.75, 3.05) is 39.6 Å². The number of phosphoric ester groups is 2. The van der Waals surface area contributed by atoms with Crippen LogP contribution in [0.15, 0.2) is 109 Å². The molecule has 0 saturated heterocycles. The quantitative estimate of drug-likeness (QED) is 0.0172. The summed E-state index contributed by atoms with van der Waals surface area (Å²) in [6.45, 7) is -0.0514. The third-order valence-corrected chi connectivity index (χ3v) is 9.35. The Hall–Kier alpha value is -3.30. The molecule has 0 aliphatic carbocycles. The summed E-state index contributed by atoms with van der Waals surface area (Å²) in [4.78, 5) is 43.5. The Bertz CT molecular complexity index is 1500. The van der Waals surface area contributed by atoms with E-state index in [4.69, 9.17) is 9.47 Å². The Morgan fingerprint density at radius 2 is 0.733 bits per heavy atom. The first-order valence-electron chi connectivity index (χ1n) is 20.4. The van der Waals surface area contributed by atoms with Gasteiger partial charge < -0.3 is 34.6 Å². The number of unbranched alkanes of at least 4 members (excludes halogenated alkanes) is 6. The molecule has 0 heterocycles. The third-order valence-electron chi connectivity index (χ3n) is 7.45. The van der Waals surface area contributed by atoms with E-state index in [1.54, 1.807) is 0 Å². The van der Waals surface area contributed by atoms with Crippen molar-refractivity contribution in [1.82, 2.24) is 0 Å². The molecule has 15 nitrogen and oxygen atoms in total. The number of hydrogen-bond acceptors (Lipinski definition) is 13. The minimum atomic E-state index is -4.80. The second-order valence-electron chi connectivity index (χ2n) is 13.1.